The van der Waals surface area contributed by atoms with Gasteiger partial charge >= 0.3 is 0 Å². The van der Waals surface area contributed by atoms with Gasteiger partial charge in [0.25, 0.3) is 0 Å². The highest BCUT2D eigenvalue weighted by Crippen LogP contribution is 2.64. The summed E-state index contributed by atoms with van der Waals surface area (Å²) in [5, 5.41) is 0. The maximum atomic E-state index is 13.4. The first-order valence-electron chi connectivity index (χ1n) is 8.46. The molecule has 1 aromatic heterocycles. The van der Waals surface area contributed by atoms with Crippen LogP contribution in [0.3, 0.4) is 0 Å². The average molecular weight is 379 g/mol. The van der Waals surface area contributed by atoms with E-state index in [0.717, 1.165) is 0 Å². The third-order valence-corrected chi connectivity index (χ3v) is 7.86. The molecule has 5 rings (SSSR count). The lowest BCUT2D eigenvalue weighted by Crippen LogP contribution is -2.62. The number of alkyl halides is 2. The van der Waals surface area contributed by atoms with Gasteiger partial charge in [-0.2, -0.15) is 0 Å². The molecule has 4 aliphatic carbocycles. The topological polar surface area (TPSA) is 64.3 Å². The summed E-state index contributed by atoms with van der Waals surface area (Å²) < 4.78 is 5.78. The Hall–Kier alpha value is -1.39. The molecule has 4 atom stereocenters. The lowest BCUT2D eigenvalue weighted by molar-refractivity contribution is 0.0754. The molecule has 0 aliphatic heterocycles. The second-order valence-electron chi connectivity index (χ2n) is 8.46. The number of furan rings is 1. The van der Waals surface area contributed by atoms with Gasteiger partial charge < -0.3 is 4.42 Å². The molecule has 1 aromatic rings. The monoisotopic (exact) mass is 378 g/mol. The molecule has 0 N–H and O–H groups in total. The van der Waals surface area contributed by atoms with E-state index < -0.39 is 21.3 Å². The van der Waals surface area contributed by atoms with E-state index in [1.807, 2.05) is 26.0 Å². The number of carbonyl (C=O) groups is 3. The van der Waals surface area contributed by atoms with E-state index in [1.54, 1.807) is 0 Å². The Morgan fingerprint density at radius 3 is 2.20 bits per heavy atom. The zero-order valence-corrected chi connectivity index (χ0v) is 15.3. The molecular formula is C19H16Cl2O4. The smallest absolute Gasteiger partial charge is 0.222 e. The minimum atomic E-state index is -1.54. The van der Waals surface area contributed by atoms with Gasteiger partial charge in [0, 0.05) is 24.7 Å². The quantitative estimate of drug-likeness (QED) is 0.505. The Bertz CT molecular complexity index is 924. The lowest BCUT2D eigenvalue weighted by Gasteiger charge is -2.43. The molecule has 4 unspecified atom stereocenters. The first-order chi connectivity index (χ1) is 11.6. The van der Waals surface area contributed by atoms with Gasteiger partial charge in [-0.25, -0.2) is 0 Å². The molecule has 6 heteroatoms. The van der Waals surface area contributed by atoms with Crippen LogP contribution in [0.25, 0.3) is 0 Å². The molecule has 1 heterocycles. The van der Waals surface area contributed by atoms with Crippen molar-refractivity contribution in [1.82, 2.24) is 0 Å². The maximum Gasteiger partial charge on any atom is 0.222 e. The van der Waals surface area contributed by atoms with Crippen LogP contribution >= 0.6 is 23.2 Å². The number of halogens is 2. The normalized spacial score (nSPS) is 40.2. The molecule has 1 saturated carbocycles. The predicted octanol–water partition coefficient (Wildman–Crippen LogP) is 3.97. The second-order valence-corrected chi connectivity index (χ2v) is 9.65. The molecule has 2 bridgehead atoms. The third-order valence-electron chi connectivity index (χ3n) is 6.27. The van der Waals surface area contributed by atoms with Crippen LogP contribution in [-0.4, -0.2) is 27.1 Å². The third kappa shape index (κ3) is 1.55. The second kappa shape index (κ2) is 4.29. The number of carbonyl (C=O) groups excluding carboxylic acids is 3. The minimum Gasteiger partial charge on any atom is -0.456 e. The maximum absolute atomic E-state index is 13.4. The number of rotatable bonds is 0. The summed E-state index contributed by atoms with van der Waals surface area (Å²) >= 11 is 13.5. The van der Waals surface area contributed by atoms with Gasteiger partial charge in [0.1, 0.15) is 15.5 Å². The Labute approximate surface area is 154 Å². The first kappa shape index (κ1) is 15.8. The molecule has 130 valence electrons. The van der Waals surface area contributed by atoms with Crippen LogP contribution in [-0.2, 0) is 6.42 Å². The van der Waals surface area contributed by atoms with Gasteiger partial charge in [-0.05, 0) is 11.8 Å². The number of allylic oxidation sites excluding steroid dienone is 2. The molecule has 4 nitrogen and oxygen atoms in total. The van der Waals surface area contributed by atoms with Crippen molar-refractivity contribution in [3.05, 3.63) is 34.8 Å². The molecule has 0 aromatic carbocycles. The van der Waals surface area contributed by atoms with Crippen molar-refractivity contribution in [3.8, 4) is 0 Å². The molecular weight excluding hydrogens is 363 g/mol. The summed E-state index contributed by atoms with van der Waals surface area (Å²) in [5.74, 6) is -1.33. The van der Waals surface area contributed by atoms with Crippen LogP contribution in [0.2, 0.25) is 0 Å². The fourth-order valence-corrected chi connectivity index (χ4v) is 6.09. The number of Topliss-reactive ketones (excluding diaryl/α,β-unsaturated/α-hetero) is 3. The van der Waals surface area contributed by atoms with Crippen molar-refractivity contribution < 1.29 is 18.8 Å². The SMILES string of the molecule is CC1(C)CC(=O)c2c(oc3c2C(=O)C2(Cl)C4C=CC(C4)C2(Cl)C3=O)C1. The van der Waals surface area contributed by atoms with Crippen molar-refractivity contribution in [2.45, 2.75) is 42.9 Å². The van der Waals surface area contributed by atoms with E-state index >= 15 is 0 Å². The minimum absolute atomic E-state index is 0.0627. The van der Waals surface area contributed by atoms with Gasteiger partial charge in [0.2, 0.25) is 5.78 Å². The summed E-state index contributed by atoms with van der Waals surface area (Å²) in [4.78, 5) is 36.3. The Balaban J connectivity index is 1.79. The van der Waals surface area contributed by atoms with Crippen LogP contribution in [0.15, 0.2) is 16.6 Å². The highest BCUT2D eigenvalue weighted by Gasteiger charge is 2.75. The van der Waals surface area contributed by atoms with Crippen LogP contribution < -0.4 is 0 Å². The fraction of sp³-hybridized carbons (Fsp3) is 0.526. The molecule has 25 heavy (non-hydrogen) atoms. The van der Waals surface area contributed by atoms with Gasteiger partial charge in [0.05, 0.1) is 11.1 Å². The number of hydrogen-bond donors (Lipinski definition) is 0. The zero-order valence-electron chi connectivity index (χ0n) is 13.8. The van der Waals surface area contributed by atoms with Crippen molar-refractivity contribution in [3.63, 3.8) is 0 Å². The highest BCUT2D eigenvalue weighted by atomic mass is 35.5. The van der Waals surface area contributed by atoms with Crippen molar-refractivity contribution in [2.24, 2.45) is 17.3 Å². The molecule has 0 amide bonds. The van der Waals surface area contributed by atoms with E-state index in [1.165, 1.54) is 0 Å². The van der Waals surface area contributed by atoms with Gasteiger partial charge in [-0.15, -0.1) is 23.2 Å². The Morgan fingerprint density at radius 1 is 0.960 bits per heavy atom. The van der Waals surface area contributed by atoms with Gasteiger partial charge in [-0.1, -0.05) is 26.0 Å². The highest BCUT2D eigenvalue weighted by molar-refractivity contribution is 6.55. The molecule has 0 saturated heterocycles. The molecule has 0 spiro atoms. The molecule has 0 radical (unpaired) electrons. The molecule has 4 aliphatic rings. The molecule has 1 fully saturated rings. The summed E-state index contributed by atoms with van der Waals surface area (Å²) in [7, 11) is 0. The zero-order chi connectivity index (χ0) is 17.9. The summed E-state index contributed by atoms with van der Waals surface area (Å²) in [6, 6.07) is 0. The van der Waals surface area contributed by atoms with Crippen molar-refractivity contribution in [2.75, 3.05) is 0 Å². The van der Waals surface area contributed by atoms with Crippen LogP contribution in [0.1, 0.15) is 63.7 Å². The van der Waals surface area contributed by atoms with E-state index in [-0.39, 0.29) is 39.9 Å². The van der Waals surface area contributed by atoms with E-state index in [9.17, 15) is 14.4 Å². The Morgan fingerprint density at radius 2 is 1.56 bits per heavy atom. The summed E-state index contributed by atoms with van der Waals surface area (Å²) in [6.45, 7) is 3.92. The Kier molecular flexibility index (Phi) is 2.72. The lowest BCUT2D eigenvalue weighted by atomic mass is 9.67. The number of ketones is 3. The van der Waals surface area contributed by atoms with E-state index in [4.69, 9.17) is 27.6 Å². The summed E-state index contributed by atoms with van der Waals surface area (Å²) in [5.41, 5.74) is 0.0376. The average Bonchev–Trinajstić information content (AvgIpc) is 3.18. The summed E-state index contributed by atoms with van der Waals surface area (Å²) in [6.07, 6.45) is 5.10. The van der Waals surface area contributed by atoms with Crippen molar-refractivity contribution >= 4 is 40.6 Å². The van der Waals surface area contributed by atoms with Gasteiger partial charge in [0.15, 0.2) is 17.3 Å². The fourth-order valence-electron chi connectivity index (χ4n) is 5.14. The van der Waals surface area contributed by atoms with Crippen molar-refractivity contribution in [1.29, 1.82) is 0 Å². The van der Waals surface area contributed by atoms with E-state index in [0.29, 0.717) is 25.0 Å². The van der Waals surface area contributed by atoms with Gasteiger partial charge in [-0.3, -0.25) is 14.4 Å². The van der Waals surface area contributed by atoms with Crippen LogP contribution in [0.5, 0.6) is 0 Å². The first-order valence-corrected chi connectivity index (χ1v) is 9.21. The standard InChI is InChI=1S/C19H16Cl2O4/c1-17(2)6-10(22)12-11(7-17)25-14-13(12)15(23)18(20)8-3-4-9(5-8)19(18,21)16(14)24/h3-4,8-9H,5-7H2,1-2H3. The number of hydrogen-bond acceptors (Lipinski definition) is 4. The van der Waals surface area contributed by atoms with Crippen LogP contribution in [0.4, 0.5) is 0 Å². The van der Waals surface area contributed by atoms with Crippen LogP contribution in [0, 0.1) is 17.3 Å². The largest absolute Gasteiger partial charge is 0.456 e. The number of fused-ring (bicyclic) bond motifs is 8. The predicted molar refractivity (Wildman–Crippen MR) is 91.7 cm³/mol. The van der Waals surface area contributed by atoms with E-state index in [2.05, 4.69) is 0 Å².